The van der Waals surface area contributed by atoms with Crippen LogP contribution < -0.4 is 5.43 Å². The third-order valence-corrected chi connectivity index (χ3v) is 6.85. The highest BCUT2D eigenvalue weighted by atomic mass is 79.9. The van der Waals surface area contributed by atoms with Gasteiger partial charge in [-0.1, -0.05) is 36.0 Å². The first-order chi connectivity index (χ1) is 13.0. The molecule has 1 aliphatic heterocycles. The molecule has 2 amide bonds. The smallest absolute Gasteiger partial charge is 0.279 e. The van der Waals surface area contributed by atoms with E-state index in [0.29, 0.717) is 14.9 Å². The molecule has 0 saturated heterocycles. The zero-order valence-electron chi connectivity index (χ0n) is 13.8. The fourth-order valence-electron chi connectivity index (χ4n) is 2.73. The lowest BCUT2D eigenvalue weighted by atomic mass is 10.1. The van der Waals surface area contributed by atoms with Gasteiger partial charge in [0.1, 0.15) is 11.1 Å². The number of hydrogen-bond acceptors (Lipinski definition) is 5. The molecule has 2 heterocycles. The van der Waals surface area contributed by atoms with Crippen molar-refractivity contribution in [3.05, 3.63) is 80.5 Å². The lowest BCUT2D eigenvalue weighted by Crippen LogP contribution is -2.49. The van der Waals surface area contributed by atoms with Gasteiger partial charge >= 0.3 is 0 Å². The van der Waals surface area contributed by atoms with E-state index in [0.717, 1.165) is 10.5 Å². The van der Waals surface area contributed by atoms with Crippen molar-refractivity contribution in [2.24, 2.45) is 0 Å². The molecule has 136 valence electrons. The van der Waals surface area contributed by atoms with Crippen LogP contribution >= 0.6 is 39.0 Å². The molecule has 0 aliphatic carbocycles. The molecule has 1 aromatic heterocycles. The summed E-state index contributed by atoms with van der Waals surface area (Å²) in [5.74, 6) is -0.495. The summed E-state index contributed by atoms with van der Waals surface area (Å²) in [6.07, 6.45) is 0. The molecule has 5 nitrogen and oxygen atoms in total. The number of hydrazine groups is 1. The number of phenols is 1. The number of carbonyl (C=O) groups is 2. The number of nitrogens with one attached hydrogen (secondary N) is 1. The fourth-order valence-corrected chi connectivity index (χ4v) is 4.96. The van der Waals surface area contributed by atoms with Gasteiger partial charge in [-0.15, -0.1) is 11.3 Å². The number of carbonyl (C=O) groups excluding carboxylic acids is 2. The van der Waals surface area contributed by atoms with E-state index in [2.05, 4.69) is 21.4 Å². The van der Waals surface area contributed by atoms with Crippen LogP contribution in [0.25, 0.3) is 0 Å². The molecule has 0 bridgehead atoms. The van der Waals surface area contributed by atoms with Crippen LogP contribution in [0.2, 0.25) is 0 Å². The standard InChI is InChI=1S/C19H13BrN2O3S2/c20-13-10-11(7-8-14(13)23)19-22(21-17(24)16-6-3-9-26-16)18(25)12-4-1-2-5-15(12)27-19/h1-10,19,23H,(H,21,24). The van der Waals surface area contributed by atoms with Crippen molar-refractivity contribution in [2.45, 2.75) is 10.3 Å². The molecule has 8 heteroatoms. The lowest BCUT2D eigenvalue weighted by Gasteiger charge is -2.36. The minimum absolute atomic E-state index is 0.112. The van der Waals surface area contributed by atoms with Gasteiger partial charge in [0.25, 0.3) is 11.8 Å². The van der Waals surface area contributed by atoms with Crippen molar-refractivity contribution in [1.29, 1.82) is 0 Å². The van der Waals surface area contributed by atoms with Gasteiger partial charge in [0.05, 0.1) is 14.9 Å². The highest BCUT2D eigenvalue weighted by Gasteiger charge is 2.35. The molecular formula is C19H13BrN2O3S2. The van der Waals surface area contributed by atoms with Crippen molar-refractivity contribution in [2.75, 3.05) is 0 Å². The third kappa shape index (κ3) is 3.47. The van der Waals surface area contributed by atoms with Gasteiger partial charge < -0.3 is 5.11 Å². The van der Waals surface area contributed by atoms with Crippen LogP contribution in [0.1, 0.15) is 31.0 Å². The molecule has 3 aromatic rings. The number of phenolic OH excluding ortho intramolecular Hbond substituents is 1. The second kappa shape index (κ2) is 7.38. The highest BCUT2D eigenvalue weighted by molar-refractivity contribution is 9.10. The van der Waals surface area contributed by atoms with Gasteiger partial charge in [-0.2, -0.15) is 0 Å². The van der Waals surface area contributed by atoms with Crippen LogP contribution in [0, 0.1) is 0 Å². The molecule has 0 spiro atoms. The zero-order valence-corrected chi connectivity index (χ0v) is 17.0. The van der Waals surface area contributed by atoms with Crippen molar-refractivity contribution in [1.82, 2.24) is 10.4 Å². The first kappa shape index (κ1) is 18.1. The van der Waals surface area contributed by atoms with Crippen LogP contribution in [0.5, 0.6) is 5.75 Å². The average Bonchev–Trinajstić information content (AvgIpc) is 3.21. The van der Waals surface area contributed by atoms with E-state index in [4.69, 9.17) is 0 Å². The highest BCUT2D eigenvalue weighted by Crippen LogP contribution is 2.45. The van der Waals surface area contributed by atoms with Crippen molar-refractivity contribution < 1.29 is 14.7 Å². The first-order valence-electron chi connectivity index (χ1n) is 7.97. The number of hydrogen-bond donors (Lipinski definition) is 2. The monoisotopic (exact) mass is 460 g/mol. The largest absolute Gasteiger partial charge is 0.507 e. The maximum atomic E-state index is 13.1. The topological polar surface area (TPSA) is 69.6 Å². The van der Waals surface area contributed by atoms with Crippen molar-refractivity contribution in [3.63, 3.8) is 0 Å². The molecular weight excluding hydrogens is 448 g/mol. The summed E-state index contributed by atoms with van der Waals surface area (Å²) in [4.78, 5) is 27.0. The number of aromatic hydroxyl groups is 1. The van der Waals surface area contributed by atoms with Crippen molar-refractivity contribution >= 4 is 50.8 Å². The molecule has 27 heavy (non-hydrogen) atoms. The summed E-state index contributed by atoms with van der Waals surface area (Å²) in [6, 6.07) is 15.9. The predicted octanol–water partition coefficient (Wildman–Crippen LogP) is 4.81. The number of benzene rings is 2. The van der Waals surface area contributed by atoms with E-state index in [1.54, 1.807) is 42.5 Å². The number of thioether (sulfide) groups is 1. The van der Waals surface area contributed by atoms with Crippen molar-refractivity contribution in [3.8, 4) is 5.75 Å². The second-order valence-corrected chi connectivity index (χ2v) is 8.69. The van der Waals surface area contributed by atoms with Gasteiger partial charge in [-0.05, 0) is 57.2 Å². The molecule has 1 aliphatic rings. The van der Waals surface area contributed by atoms with E-state index in [-0.39, 0.29) is 17.6 Å². The third-order valence-electron chi connectivity index (χ3n) is 4.03. The number of halogens is 1. The summed E-state index contributed by atoms with van der Waals surface area (Å²) in [6.45, 7) is 0. The Morgan fingerprint density at radius 1 is 1.15 bits per heavy atom. The summed E-state index contributed by atoms with van der Waals surface area (Å²) in [5, 5.41) is 12.5. The summed E-state index contributed by atoms with van der Waals surface area (Å²) in [5.41, 5.74) is 4.07. The molecule has 0 saturated carbocycles. The van der Waals surface area contributed by atoms with Gasteiger partial charge in [0, 0.05) is 4.90 Å². The van der Waals surface area contributed by atoms with Gasteiger partial charge in [0.2, 0.25) is 0 Å². The van der Waals surface area contributed by atoms with E-state index in [1.165, 1.54) is 28.1 Å². The Balaban J connectivity index is 1.74. The van der Waals surface area contributed by atoms with Gasteiger partial charge in [0.15, 0.2) is 0 Å². The molecule has 0 fully saturated rings. The van der Waals surface area contributed by atoms with E-state index < -0.39 is 5.37 Å². The van der Waals surface area contributed by atoms with Crippen LogP contribution in [0.4, 0.5) is 0 Å². The van der Waals surface area contributed by atoms with Crippen LogP contribution in [0.15, 0.2) is 69.3 Å². The predicted molar refractivity (Wildman–Crippen MR) is 109 cm³/mol. The molecule has 1 unspecified atom stereocenters. The average molecular weight is 461 g/mol. The minimum atomic E-state index is -0.465. The van der Waals surface area contributed by atoms with E-state index in [1.807, 2.05) is 17.5 Å². The van der Waals surface area contributed by atoms with Crippen LogP contribution in [-0.4, -0.2) is 21.9 Å². The normalized spacial score (nSPS) is 16.1. The SMILES string of the molecule is O=C(NN1C(=O)c2ccccc2SC1c1ccc(O)c(Br)c1)c1cccs1. The van der Waals surface area contributed by atoms with Gasteiger partial charge in [-0.25, -0.2) is 5.01 Å². The second-order valence-electron chi connectivity index (χ2n) is 5.77. The number of fused-ring (bicyclic) bond motifs is 1. The Morgan fingerprint density at radius 2 is 1.96 bits per heavy atom. The van der Waals surface area contributed by atoms with Crippen LogP contribution in [-0.2, 0) is 0 Å². The molecule has 4 rings (SSSR count). The Bertz CT molecular complexity index is 1020. The van der Waals surface area contributed by atoms with E-state index in [9.17, 15) is 14.7 Å². The fraction of sp³-hybridized carbons (Fsp3) is 0.0526. The quantitative estimate of drug-likeness (QED) is 0.588. The zero-order chi connectivity index (χ0) is 19.0. The Kier molecular flexibility index (Phi) is 4.94. The maximum Gasteiger partial charge on any atom is 0.279 e. The first-order valence-corrected chi connectivity index (χ1v) is 10.5. The Labute approximate surface area is 172 Å². The van der Waals surface area contributed by atoms with Crippen LogP contribution in [0.3, 0.4) is 0 Å². The molecule has 2 N–H and O–H groups in total. The lowest BCUT2D eigenvalue weighted by molar-refractivity contribution is 0.0549. The summed E-state index contributed by atoms with van der Waals surface area (Å²) in [7, 11) is 0. The number of nitrogens with zero attached hydrogens (tertiary/aromatic N) is 1. The summed E-state index contributed by atoms with van der Waals surface area (Å²) >= 11 is 6.09. The summed E-state index contributed by atoms with van der Waals surface area (Å²) < 4.78 is 0.524. The minimum Gasteiger partial charge on any atom is -0.507 e. The maximum absolute atomic E-state index is 13.1. The number of thiophene rings is 1. The molecule has 2 aromatic carbocycles. The Hall–Kier alpha value is -2.29. The number of rotatable bonds is 3. The molecule has 0 radical (unpaired) electrons. The molecule has 1 atom stereocenters. The van der Waals surface area contributed by atoms with E-state index >= 15 is 0 Å². The Morgan fingerprint density at radius 3 is 2.70 bits per heavy atom. The number of amides is 2. The van der Waals surface area contributed by atoms with Gasteiger partial charge in [-0.3, -0.25) is 15.0 Å².